The first-order valence-corrected chi connectivity index (χ1v) is 7.89. The van der Waals surface area contributed by atoms with Gasteiger partial charge in [0.25, 0.3) is 0 Å². The van der Waals surface area contributed by atoms with Gasteiger partial charge in [-0.25, -0.2) is 0 Å². The van der Waals surface area contributed by atoms with Crippen molar-refractivity contribution in [3.05, 3.63) is 21.9 Å². The molecule has 1 aliphatic rings. The van der Waals surface area contributed by atoms with E-state index in [0.29, 0.717) is 11.5 Å². The normalized spacial score (nSPS) is 20.6. The molecule has 1 aromatic heterocycles. The van der Waals surface area contributed by atoms with Crippen LogP contribution in [0, 0.1) is 12.3 Å². The minimum absolute atomic E-state index is 0.516. The standard InChI is InChI=1S/C15H25NS/c1-4-15(9-6-7-10-15)14(16-5-2)13-8-11-17-12(13)3/h8,11,14,16H,4-7,9-10H2,1-3H3. The van der Waals surface area contributed by atoms with Gasteiger partial charge in [0.2, 0.25) is 0 Å². The minimum Gasteiger partial charge on any atom is -0.310 e. The van der Waals surface area contributed by atoms with Crippen LogP contribution in [-0.4, -0.2) is 6.54 Å². The monoisotopic (exact) mass is 251 g/mol. The van der Waals surface area contributed by atoms with Crippen molar-refractivity contribution in [2.45, 2.75) is 58.9 Å². The number of hydrogen-bond donors (Lipinski definition) is 1. The Hall–Kier alpha value is -0.340. The molecule has 0 amide bonds. The molecule has 0 aromatic carbocycles. The van der Waals surface area contributed by atoms with Gasteiger partial charge in [-0.15, -0.1) is 11.3 Å². The van der Waals surface area contributed by atoms with Crippen LogP contribution in [-0.2, 0) is 0 Å². The zero-order valence-electron chi connectivity index (χ0n) is 11.4. The van der Waals surface area contributed by atoms with Crippen LogP contribution in [0.4, 0.5) is 0 Å². The molecular formula is C15H25NS. The number of aryl methyl sites for hydroxylation is 1. The molecule has 1 unspecified atom stereocenters. The Morgan fingerprint density at radius 3 is 2.53 bits per heavy atom. The molecule has 0 bridgehead atoms. The van der Waals surface area contributed by atoms with E-state index in [2.05, 4.69) is 37.5 Å². The zero-order chi connectivity index (χ0) is 12.3. The Labute approximate surface area is 110 Å². The van der Waals surface area contributed by atoms with E-state index in [1.54, 1.807) is 5.56 Å². The SMILES string of the molecule is CCNC(c1ccsc1C)C1(CC)CCCC1. The molecule has 1 heterocycles. The van der Waals surface area contributed by atoms with Crippen LogP contribution >= 0.6 is 11.3 Å². The van der Waals surface area contributed by atoms with Crippen LogP contribution in [0.15, 0.2) is 11.4 Å². The molecule has 0 spiro atoms. The molecule has 1 saturated carbocycles. The summed E-state index contributed by atoms with van der Waals surface area (Å²) in [6, 6.07) is 2.91. The molecule has 2 heteroatoms. The lowest BCUT2D eigenvalue weighted by Crippen LogP contribution is -2.36. The molecule has 2 rings (SSSR count). The van der Waals surface area contributed by atoms with Crippen molar-refractivity contribution in [3.8, 4) is 0 Å². The summed E-state index contributed by atoms with van der Waals surface area (Å²) in [5.74, 6) is 0. The highest BCUT2D eigenvalue weighted by Crippen LogP contribution is 2.50. The highest BCUT2D eigenvalue weighted by atomic mass is 32.1. The van der Waals surface area contributed by atoms with E-state index in [1.807, 2.05) is 11.3 Å². The predicted octanol–water partition coefficient (Wildman–Crippen LogP) is 4.68. The minimum atomic E-state index is 0.516. The molecule has 1 aromatic rings. The lowest BCUT2D eigenvalue weighted by molar-refractivity contribution is 0.189. The lowest BCUT2D eigenvalue weighted by atomic mass is 9.73. The molecule has 1 nitrogen and oxygen atoms in total. The molecule has 0 radical (unpaired) electrons. The molecule has 1 N–H and O–H groups in total. The van der Waals surface area contributed by atoms with Crippen LogP contribution in [0.1, 0.15) is 62.4 Å². The molecule has 0 aliphatic heterocycles. The van der Waals surface area contributed by atoms with Crippen molar-refractivity contribution in [1.29, 1.82) is 0 Å². The number of hydrogen-bond acceptors (Lipinski definition) is 2. The second-order valence-corrected chi connectivity index (χ2v) is 6.47. The van der Waals surface area contributed by atoms with E-state index in [1.165, 1.54) is 37.0 Å². The van der Waals surface area contributed by atoms with Gasteiger partial charge in [0.15, 0.2) is 0 Å². The third-order valence-corrected chi connectivity index (χ3v) is 5.40. The quantitative estimate of drug-likeness (QED) is 0.801. The van der Waals surface area contributed by atoms with Gasteiger partial charge >= 0.3 is 0 Å². The maximum atomic E-state index is 3.77. The van der Waals surface area contributed by atoms with Gasteiger partial charge in [-0.3, -0.25) is 0 Å². The van der Waals surface area contributed by atoms with Crippen LogP contribution in [0.5, 0.6) is 0 Å². The Balaban J connectivity index is 2.31. The molecule has 1 fully saturated rings. The van der Waals surface area contributed by atoms with Gasteiger partial charge in [0.1, 0.15) is 0 Å². The third kappa shape index (κ3) is 2.43. The summed E-state index contributed by atoms with van der Waals surface area (Å²) in [6.07, 6.45) is 6.94. The molecule has 1 atom stereocenters. The van der Waals surface area contributed by atoms with Crippen LogP contribution in [0.25, 0.3) is 0 Å². The highest BCUT2D eigenvalue weighted by Gasteiger charge is 2.40. The summed E-state index contributed by atoms with van der Waals surface area (Å²) in [4.78, 5) is 1.50. The third-order valence-electron chi connectivity index (χ3n) is 4.53. The van der Waals surface area contributed by atoms with Gasteiger partial charge in [-0.05, 0) is 55.2 Å². The summed E-state index contributed by atoms with van der Waals surface area (Å²) in [5.41, 5.74) is 2.07. The van der Waals surface area contributed by atoms with Crippen molar-refractivity contribution in [1.82, 2.24) is 5.32 Å². The van der Waals surface area contributed by atoms with E-state index >= 15 is 0 Å². The van der Waals surface area contributed by atoms with Gasteiger partial charge < -0.3 is 5.32 Å². The van der Waals surface area contributed by atoms with Gasteiger partial charge in [0, 0.05) is 10.9 Å². The second-order valence-electron chi connectivity index (χ2n) is 5.35. The van der Waals surface area contributed by atoms with Crippen molar-refractivity contribution in [3.63, 3.8) is 0 Å². The summed E-state index contributed by atoms with van der Waals surface area (Å²) in [6.45, 7) is 7.94. The fourth-order valence-corrected chi connectivity index (χ4v) is 4.22. The Bertz CT molecular complexity index is 350. The van der Waals surface area contributed by atoms with Crippen LogP contribution in [0.2, 0.25) is 0 Å². The average Bonchev–Trinajstić information content (AvgIpc) is 2.96. The molecule has 17 heavy (non-hydrogen) atoms. The smallest absolute Gasteiger partial charge is 0.0387 e. The first kappa shape index (κ1) is 13.1. The molecule has 0 saturated heterocycles. The maximum absolute atomic E-state index is 3.77. The average molecular weight is 251 g/mol. The lowest BCUT2D eigenvalue weighted by Gasteiger charge is -2.38. The van der Waals surface area contributed by atoms with Crippen molar-refractivity contribution < 1.29 is 0 Å². The van der Waals surface area contributed by atoms with Crippen molar-refractivity contribution in [2.75, 3.05) is 6.54 Å². The largest absolute Gasteiger partial charge is 0.310 e. The van der Waals surface area contributed by atoms with E-state index in [4.69, 9.17) is 0 Å². The number of rotatable bonds is 5. The fraction of sp³-hybridized carbons (Fsp3) is 0.733. The van der Waals surface area contributed by atoms with Gasteiger partial charge in [-0.2, -0.15) is 0 Å². The first-order chi connectivity index (χ1) is 8.23. The van der Waals surface area contributed by atoms with E-state index < -0.39 is 0 Å². The van der Waals surface area contributed by atoms with Crippen molar-refractivity contribution >= 4 is 11.3 Å². The molecule has 96 valence electrons. The number of nitrogens with one attached hydrogen (secondary N) is 1. The summed E-state index contributed by atoms with van der Waals surface area (Å²) >= 11 is 1.89. The number of thiophene rings is 1. The Kier molecular flexibility index (Phi) is 4.26. The predicted molar refractivity (Wildman–Crippen MR) is 76.7 cm³/mol. The molecular weight excluding hydrogens is 226 g/mol. The van der Waals surface area contributed by atoms with Crippen molar-refractivity contribution in [2.24, 2.45) is 5.41 Å². The highest BCUT2D eigenvalue weighted by molar-refractivity contribution is 7.10. The Morgan fingerprint density at radius 2 is 2.06 bits per heavy atom. The van der Waals surface area contributed by atoms with E-state index in [0.717, 1.165) is 6.54 Å². The van der Waals surface area contributed by atoms with Crippen LogP contribution in [0.3, 0.4) is 0 Å². The molecule has 1 aliphatic carbocycles. The summed E-state index contributed by atoms with van der Waals surface area (Å²) < 4.78 is 0. The second kappa shape index (κ2) is 5.53. The first-order valence-electron chi connectivity index (χ1n) is 7.01. The van der Waals surface area contributed by atoms with E-state index in [-0.39, 0.29) is 0 Å². The van der Waals surface area contributed by atoms with E-state index in [9.17, 15) is 0 Å². The summed E-state index contributed by atoms with van der Waals surface area (Å²) in [7, 11) is 0. The topological polar surface area (TPSA) is 12.0 Å². The Morgan fingerprint density at radius 1 is 1.35 bits per heavy atom. The summed E-state index contributed by atoms with van der Waals surface area (Å²) in [5, 5.41) is 6.01. The van der Waals surface area contributed by atoms with Crippen LogP contribution < -0.4 is 5.32 Å². The maximum Gasteiger partial charge on any atom is 0.0387 e. The van der Waals surface area contributed by atoms with Gasteiger partial charge in [-0.1, -0.05) is 26.7 Å². The zero-order valence-corrected chi connectivity index (χ0v) is 12.2. The fourth-order valence-electron chi connectivity index (χ4n) is 3.48. The van der Waals surface area contributed by atoms with Gasteiger partial charge in [0.05, 0.1) is 0 Å².